The van der Waals surface area contributed by atoms with Crippen molar-refractivity contribution in [3.05, 3.63) is 42.5 Å². The fourth-order valence-corrected chi connectivity index (χ4v) is 2.33. The molecule has 0 radical (unpaired) electrons. The fourth-order valence-electron chi connectivity index (χ4n) is 2.33. The summed E-state index contributed by atoms with van der Waals surface area (Å²) in [5.41, 5.74) is 0.504. The highest BCUT2D eigenvalue weighted by molar-refractivity contribution is 6.62. The summed E-state index contributed by atoms with van der Waals surface area (Å²) in [7, 11) is -0.283. The summed E-state index contributed by atoms with van der Waals surface area (Å²) in [6.45, 7) is 8.31. The lowest BCUT2D eigenvalue weighted by atomic mass is 9.78. The average molecular weight is 254 g/mol. The van der Waals surface area contributed by atoms with Crippen LogP contribution < -0.4 is 5.46 Å². The van der Waals surface area contributed by atoms with Gasteiger partial charge < -0.3 is 9.31 Å². The number of benzene rings is 2. The summed E-state index contributed by atoms with van der Waals surface area (Å²) in [6, 6.07) is 14.7. The third-order valence-corrected chi connectivity index (χ3v) is 4.30. The molecule has 0 saturated carbocycles. The smallest absolute Gasteiger partial charge is 0.399 e. The molecular weight excluding hydrogens is 235 g/mol. The van der Waals surface area contributed by atoms with Gasteiger partial charge >= 0.3 is 7.12 Å². The molecule has 2 aromatic rings. The van der Waals surface area contributed by atoms with E-state index in [9.17, 15) is 0 Å². The Labute approximate surface area is 114 Å². The van der Waals surface area contributed by atoms with E-state index in [4.69, 9.17) is 9.31 Å². The van der Waals surface area contributed by atoms with E-state index >= 15 is 0 Å². The summed E-state index contributed by atoms with van der Waals surface area (Å²) >= 11 is 0. The minimum atomic E-state index is -0.288. The summed E-state index contributed by atoms with van der Waals surface area (Å²) in [5.74, 6) is 0. The predicted molar refractivity (Wildman–Crippen MR) is 79.7 cm³/mol. The first-order valence-corrected chi connectivity index (χ1v) is 6.73. The highest BCUT2D eigenvalue weighted by Crippen LogP contribution is 2.36. The van der Waals surface area contributed by atoms with E-state index in [1.165, 1.54) is 10.8 Å². The molecule has 0 atom stereocenters. The molecule has 1 aliphatic rings. The van der Waals surface area contributed by atoms with Crippen molar-refractivity contribution in [3.63, 3.8) is 0 Å². The topological polar surface area (TPSA) is 18.5 Å². The van der Waals surface area contributed by atoms with Crippen LogP contribution in [0.5, 0.6) is 0 Å². The van der Waals surface area contributed by atoms with Crippen molar-refractivity contribution in [3.8, 4) is 0 Å². The maximum atomic E-state index is 6.08. The van der Waals surface area contributed by atoms with Crippen LogP contribution in [0.1, 0.15) is 27.7 Å². The van der Waals surface area contributed by atoms with Gasteiger partial charge in [-0.05, 0) is 43.9 Å². The van der Waals surface area contributed by atoms with Crippen molar-refractivity contribution in [1.29, 1.82) is 0 Å². The SMILES string of the molecule is CC1(C)OB(c2ccc3ccccc3c2)OC1(C)C. The molecule has 0 unspecified atom stereocenters. The van der Waals surface area contributed by atoms with E-state index in [1.54, 1.807) is 0 Å². The monoisotopic (exact) mass is 254 g/mol. The van der Waals surface area contributed by atoms with E-state index in [2.05, 4.69) is 70.2 Å². The van der Waals surface area contributed by atoms with E-state index in [0.717, 1.165) is 5.46 Å². The van der Waals surface area contributed by atoms with Crippen LogP contribution in [0.2, 0.25) is 0 Å². The standard InChI is InChI=1S/C16H19BO2/c1-15(2)16(3,4)19-17(18-15)14-10-9-12-7-5-6-8-13(12)11-14/h5-11H,1-4H3. The Balaban J connectivity index is 1.98. The van der Waals surface area contributed by atoms with E-state index in [0.29, 0.717) is 0 Å². The molecule has 1 heterocycles. The van der Waals surface area contributed by atoms with Crippen LogP contribution in [0, 0.1) is 0 Å². The van der Waals surface area contributed by atoms with Gasteiger partial charge in [0.1, 0.15) is 0 Å². The summed E-state index contributed by atoms with van der Waals surface area (Å²) in [4.78, 5) is 0. The molecule has 3 heteroatoms. The maximum Gasteiger partial charge on any atom is 0.494 e. The molecule has 19 heavy (non-hydrogen) atoms. The third kappa shape index (κ3) is 2.07. The van der Waals surface area contributed by atoms with Gasteiger partial charge in [-0.2, -0.15) is 0 Å². The molecule has 1 saturated heterocycles. The van der Waals surface area contributed by atoms with Crippen LogP contribution in [0.15, 0.2) is 42.5 Å². The van der Waals surface area contributed by atoms with Crippen molar-refractivity contribution < 1.29 is 9.31 Å². The first-order valence-electron chi connectivity index (χ1n) is 6.73. The average Bonchev–Trinajstić information content (AvgIpc) is 2.58. The fraction of sp³-hybridized carbons (Fsp3) is 0.375. The molecule has 0 aliphatic carbocycles. The van der Waals surface area contributed by atoms with Crippen LogP contribution in [-0.2, 0) is 9.31 Å². The number of hydrogen-bond donors (Lipinski definition) is 0. The van der Waals surface area contributed by atoms with Crippen molar-refractivity contribution in [2.24, 2.45) is 0 Å². The van der Waals surface area contributed by atoms with Gasteiger partial charge in [0.25, 0.3) is 0 Å². The Morgan fingerprint density at radius 3 is 2.00 bits per heavy atom. The van der Waals surface area contributed by atoms with Gasteiger partial charge in [-0.3, -0.25) is 0 Å². The molecule has 2 nitrogen and oxygen atoms in total. The van der Waals surface area contributed by atoms with Crippen LogP contribution in [0.3, 0.4) is 0 Å². The first kappa shape index (κ1) is 12.7. The molecule has 3 rings (SSSR count). The zero-order valence-electron chi connectivity index (χ0n) is 11.9. The number of hydrogen-bond acceptors (Lipinski definition) is 2. The van der Waals surface area contributed by atoms with E-state index in [-0.39, 0.29) is 18.3 Å². The normalized spacial score (nSPS) is 20.9. The largest absolute Gasteiger partial charge is 0.494 e. The molecule has 1 fully saturated rings. The summed E-state index contributed by atoms with van der Waals surface area (Å²) in [5, 5.41) is 2.46. The third-order valence-electron chi connectivity index (χ3n) is 4.30. The van der Waals surface area contributed by atoms with Gasteiger partial charge in [0, 0.05) is 0 Å². The molecule has 1 aliphatic heterocycles. The molecule has 98 valence electrons. The lowest BCUT2D eigenvalue weighted by Gasteiger charge is -2.32. The summed E-state index contributed by atoms with van der Waals surface area (Å²) in [6.07, 6.45) is 0. The molecule has 2 aromatic carbocycles. The molecule has 0 N–H and O–H groups in total. The van der Waals surface area contributed by atoms with Crippen LogP contribution in [0.25, 0.3) is 10.8 Å². The van der Waals surface area contributed by atoms with Crippen LogP contribution in [0.4, 0.5) is 0 Å². The van der Waals surface area contributed by atoms with Gasteiger partial charge in [-0.25, -0.2) is 0 Å². The highest BCUT2D eigenvalue weighted by atomic mass is 16.7. The Morgan fingerprint density at radius 2 is 1.37 bits per heavy atom. The number of rotatable bonds is 1. The molecule has 0 spiro atoms. The molecule has 0 amide bonds. The minimum absolute atomic E-state index is 0.283. The first-order chi connectivity index (χ1) is 8.89. The van der Waals surface area contributed by atoms with Gasteiger partial charge in [0.05, 0.1) is 11.2 Å². The van der Waals surface area contributed by atoms with Gasteiger partial charge in [-0.1, -0.05) is 42.5 Å². The van der Waals surface area contributed by atoms with Crippen LogP contribution >= 0.6 is 0 Å². The zero-order chi connectivity index (χ0) is 13.7. The van der Waals surface area contributed by atoms with Crippen molar-refractivity contribution in [2.75, 3.05) is 0 Å². The van der Waals surface area contributed by atoms with Gasteiger partial charge in [0.2, 0.25) is 0 Å². The quantitative estimate of drug-likeness (QED) is 0.728. The Kier molecular flexibility index (Phi) is 2.73. The van der Waals surface area contributed by atoms with E-state index in [1.807, 2.05) is 0 Å². The second-order valence-electron chi connectivity index (χ2n) is 6.19. The minimum Gasteiger partial charge on any atom is -0.399 e. The lowest BCUT2D eigenvalue weighted by molar-refractivity contribution is 0.00578. The molecule has 0 bridgehead atoms. The predicted octanol–water partition coefficient (Wildman–Crippen LogP) is 3.14. The Bertz CT molecular complexity index is 603. The van der Waals surface area contributed by atoms with Gasteiger partial charge in [0.15, 0.2) is 0 Å². The lowest BCUT2D eigenvalue weighted by Crippen LogP contribution is -2.41. The highest BCUT2D eigenvalue weighted by Gasteiger charge is 2.51. The van der Waals surface area contributed by atoms with Crippen molar-refractivity contribution in [2.45, 2.75) is 38.9 Å². The summed E-state index contributed by atoms with van der Waals surface area (Å²) < 4.78 is 12.2. The van der Waals surface area contributed by atoms with Crippen LogP contribution in [-0.4, -0.2) is 18.3 Å². The number of fused-ring (bicyclic) bond motifs is 1. The molecule has 0 aromatic heterocycles. The van der Waals surface area contributed by atoms with Crippen molar-refractivity contribution >= 4 is 23.4 Å². The molecular formula is C16H19BO2. The zero-order valence-corrected chi connectivity index (χ0v) is 11.9. The second kappa shape index (κ2) is 4.09. The second-order valence-corrected chi connectivity index (χ2v) is 6.19. The maximum absolute atomic E-state index is 6.08. The Hall–Kier alpha value is -1.32. The van der Waals surface area contributed by atoms with Crippen molar-refractivity contribution in [1.82, 2.24) is 0 Å². The Morgan fingerprint density at radius 1 is 0.789 bits per heavy atom. The van der Waals surface area contributed by atoms with E-state index < -0.39 is 0 Å². The van der Waals surface area contributed by atoms with Gasteiger partial charge in [-0.15, -0.1) is 0 Å².